The van der Waals surface area contributed by atoms with Gasteiger partial charge in [0, 0.05) is 22.5 Å². The maximum Gasteiger partial charge on any atom is 0.0508 e. The maximum atomic E-state index is 3.52. The standard InChI is InChI=1S/C9H11Br2N/c1-3-12(2)9-5-4-7(10)6-8(9)11/h4-6H,3H2,1-2H3. The van der Waals surface area contributed by atoms with Gasteiger partial charge in [-0.15, -0.1) is 0 Å². The number of rotatable bonds is 2. The summed E-state index contributed by atoms with van der Waals surface area (Å²) in [4.78, 5) is 2.19. The van der Waals surface area contributed by atoms with Crippen molar-refractivity contribution in [3.8, 4) is 0 Å². The Morgan fingerprint density at radius 2 is 2.00 bits per heavy atom. The zero-order chi connectivity index (χ0) is 9.14. The van der Waals surface area contributed by atoms with Crippen LogP contribution in [0.5, 0.6) is 0 Å². The smallest absolute Gasteiger partial charge is 0.0508 e. The van der Waals surface area contributed by atoms with Gasteiger partial charge in [-0.25, -0.2) is 0 Å². The summed E-state index contributed by atoms with van der Waals surface area (Å²) >= 11 is 6.94. The fourth-order valence-electron chi connectivity index (χ4n) is 0.961. The molecule has 0 unspecified atom stereocenters. The molecule has 0 saturated heterocycles. The molecule has 0 aliphatic carbocycles. The summed E-state index contributed by atoms with van der Waals surface area (Å²) in [6.45, 7) is 3.15. The van der Waals surface area contributed by atoms with Crippen LogP contribution in [-0.2, 0) is 0 Å². The van der Waals surface area contributed by atoms with Crippen molar-refractivity contribution in [3.63, 3.8) is 0 Å². The summed E-state index contributed by atoms with van der Waals surface area (Å²) in [7, 11) is 2.08. The van der Waals surface area contributed by atoms with Crippen molar-refractivity contribution in [2.45, 2.75) is 6.92 Å². The van der Waals surface area contributed by atoms with Gasteiger partial charge in [0.05, 0.1) is 5.69 Å². The normalized spacial score (nSPS) is 10.0. The monoisotopic (exact) mass is 291 g/mol. The molecular weight excluding hydrogens is 282 g/mol. The van der Waals surface area contributed by atoms with Gasteiger partial charge in [-0.1, -0.05) is 15.9 Å². The SMILES string of the molecule is CCN(C)c1ccc(Br)cc1Br. The summed E-state index contributed by atoms with van der Waals surface area (Å²) in [5.74, 6) is 0. The molecule has 0 aliphatic rings. The molecule has 1 aromatic carbocycles. The van der Waals surface area contributed by atoms with E-state index in [-0.39, 0.29) is 0 Å². The van der Waals surface area contributed by atoms with Gasteiger partial charge in [0.1, 0.15) is 0 Å². The Kier molecular flexibility index (Phi) is 3.59. The molecule has 0 amide bonds. The van der Waals surface area contributed by atoms with Gasteiger partial charge in [0.2, 0.25) is 0 Å². The number of anilines is 1. The van der Waals surface area contributed by atoms with Crippen molar-refractivity contribution in [1.29, 1.82) is 0 Å². The van der Waals surface area contributed by atoms with Gasteiger partial charge in [-0.05, 0) is 41.1 Å². The van der Waals surface area contributed by atoms with E-state index in [1.807, 2.05) is 6.07 Å². The van der Waals surface area contributed by atoms with Crippen molar-refractivity contribution >= 4 is 37.5 Å². The lowest BCUT2D eigenvalue weighted by molar-refractivity contribution is 0.964. The molecular formula is C9H11Br2N. The first-order chi connectivity index (χ1) is 5.65. The summed E-state index contributed by atoms with van der Waals surface area (Å²) in [6.07, 6.45) is 0. The highest BCUT2D eigenvalue weighted by Gasteiger charge is 2.02. The van der Waals surface area contributed by atoms with E-state index in [0.29, 0.717) is 0 Å². The molecule has 0 heterocycles. The first-order valence-corrected chi connectivity index (χ1v) is 5.40. The van der Waals surface area contributed by atoms with Crippen molar-refractivity contribution in [2.24, 2.45) is 0 Å². The molecule has 0 saturated carbocycles. The second-order valence-electron chi connectivity index (χ2n) is 2.61. The van der Waals surface area contributed by atoms with Gasteiger partial charge in [-0.2, -0.15) is 0 Å². The van der Waals surface area contributed by atoms with Crippen LogP contribution < -0.4 is 4.90 Å². The molecule has 0 atom stereocenters. The zero-order valence-electron chi connectivity index (χ0n) is 7.14. The third kappa shape index (κ3) is 2.23. The number of halogens is 2. The highest BCUT2D eigenvalue weighted by atomic mass is 79.9. The fourth-order valence-corrected chi connectivity index (χ4v) is 2.31. The van der Waals surface area contributed by atoms with Crippen LogP contribution in [0.3, 0.4) is 0 Å². The minimum absolute atomic E-state index is 1.01. The van der Waals surface area contributed by atoms with Gasteiger partial charge >= 0.3 is 0 Å². The molecule has 3 heteroatoms. The first kappa shape index (κ1) is 10.1. The van der Waals surface area contributed by atoms with Crippen LogP contribution >= 0.6 is 31.9 Å². The number of hydrogen-bond donors (Lipinski definition) is 0. The number of hydrogen-bond acceptors (Lipinski definition) is 1. The van der Waals surface area contributed by atoms with Crippen molar-refractivity contribution in [2.75, 3.05) is 18.5 Å². The fraction of sp³-hybridized carbons (Fsp3) is 0.333. The van der Waals surface area contributed by atoms with Crippen molar-refractivity contribution in [3.05, 3.63) is 27.1 Å². The second-order valence-corrected chi connectivity index (χ2v) is 4.38. The lowest BCUT2D eigenvalue weighted by Crippen LogP contribution is -2.15. The molecule has 0 radical (unpaired) electrons. The predicted octanol–water partition coefficient (Wildman–Crippen LogP) is 3.67. The average Bonchev–Trinajstić information content (AvgIpc) is 2.03. The minimum atomic E-state index is 1.01. The van der Waals surface area contributed by atoms with E-state index >= 15 is 0 Å². The van der Waals surface area contributed by atoms with Crippen LogP contribution in [0.15, 0.2) is 27.1 Å². The third-order valence-corrected chi connectivity index (χ3v) is 2.92. The molecule has 0 spiro atoms. The molecule has 0 fully saturated rings. The van der Waals surface area contributed by atoms with Gasteiger partial charge in [-0.3, -0.25) is 0 Å². The van der Waals surface area contributed by atoms with Crippen LogP contribution in [0.4, 0.5) is 5.69 Å². The second kappa shape index (κ2) is 4.28. The topological polar surface area (TPSA) is 3.24 Å². The highest BCUT2D eigenvalue weighted by molar-refractivity contribution is 9.11. The van der Waals surface area contributed by atoms with Crippen LogP contribution in [0.25, 0.3) is 0 Å². The summed E-state index contributed by atoms with van der Waals surface area (Å²) in [5, 5.41) is 0. The third-order valence-electron chi connectivity index (χ3n) is 1.80. The molecule has 1 aromatic rings. The Hall–Kier alpha value is -0.0200. The number of benzene rings is 1. The molecule has 0 bridgehead atoms. The van der Waals surface area contributed by atoms with Crippen LogP contribution in [0.1, 0.15) is 6.92 Å². The van der Waals surface area contributed by atoms with E-state index in [2.05, 4.69) is 62.9 Å². The maximum absolute atomic E-state index is 3.52. The molecule has 0 aliphatic heterocycles. The van der Waals surface area contributed by atoms with Crippen LogP contribution in [0.2, 0.25) is 0 Å². The molecule has 66 valence electrons. The number of nitrogens with zero attached hydrogens (tertiary/aromatic N) is 1. The van der Waals surface area contributed by atoms with Gasteiger partial charge < -0.3 is 4.90 Å². The predicted molar refractivity (Wildman–Crippen MR) is 60.8 cm³/mol. The van der Waals surface area contributed by atoms with Crippen molar-refractivity contribution < 1.29 is 0 Å². The Balaban J connectivity index is 3.01. The lowest BCUT2D eigenvalue weighted by Gasteiger charge is -2.18. The van der Waals surface area contributed by atoms with Crippen LogP contribution in [-0.4, -0.2) is 13.6 Å². The summed E-state index contributed by atoms with van der Waals surface area (Å²) < 4.78 is 2.23. The van der Waals surface area contributed by atoms with E-state index in [1.165, 1.54) is 5.69 Å². The average molecular weight is 293 g/mol. The summed E-state index contributed by atoms with van der Waals surface area (Å²) in [5.41, 5.74) is 1.22. The van der Waals surface area contributed by atoms with Crippen LogP contribution in [0, 0.1) is 0 Å². The van der Waals surface area contributed by atoms with E-state index in [0.717, 1.165) is 15.5 Å². The Bertz CT molecular complexity index is 273. The molecule has 0 N–H and O–H groups in total. The first-order valence-electron chi connectivity index (χ1n) is 3.81. The Morgan fingerprint density at radius 1 is 1.33 bits per heavy atom. The Labute approximate surface area is 90.0 Å². The summed E-state index contributed by atoms with van der Waals surface area (Å²) in [6, 6.07) is 6.20. The molecule has 1 rings (SSSR count). The van der Waals surface area contributed by atoms with Gasteiger partial charge in [0.15, 0.2) is 0 Å². The zero-order valence-corrected chi connectivity index (χ0v) is 10.3. The molecule has 12 heavy (non-hydrogen) atoms. The largest absolute Gasteiger partial charge is 0.374 e. The van der Waals surface area contributed by atoms with E-state index in [1.54, 1.807) is 0 Å². The van der Waals surface area contributed by atoms with E-state index in [4.69, 9.17) is 0 Å². The lowest BCUT2D eigenvalue weighted by atomic mass is 10.3. The quantitative estimate of drug-likeness (QED) is 0.804. The van der Waals surface area contributed by atoms with Gasteiger partial charge in [0.25, 0.3) is 0 Å². The molecule has 0 aromatic heterocycles. The van der Waals surface area contributed by atoms with Crippen molar-refractivity contribution in [1.82, 2.24) is 0 Å². The minimum Gasteiger partial charge on any atom is -0.374 e. The Morgan fingerprint density at radius 3 is 2.50 bits per heavy atom. The van der Waals surface area contributed by atoms with E-state index in [9.17, 15) is 0 Å². The van der Waals surface area contributed by atoms with E-state index < -0.39 is 0 Å². The highest BCUT2D eigenvalue weighted by Crippen LogP contribution is 2.28. The molecule has 1 nitrogen and oxygen atoms in total.